The molecule has 2 amide bonds. The van der Waals surface area contributed by atoms with E-state index in [9.17, 15) is 13.8 Å². The number of amides is 2. The van der Waals surface area contributed by atoms with Crippen LogP contribution in [0.15, 0.2) is 65.7 Å². The lowest BCUT2D eigenvalue weighted by Crippen LogP contribution is -2.46. The van der Waals surface area contributed by atoms with Crippen molar-refractivity contribution in [3.05, 3.63) is 82.0 Å². The van der Waals surface area contributed by atoms with E-state index in [-0.39, 0.29) is 11.3 Å². The lowest BCUT2D eigenvalue weighted by molar-refractivity contribution is 0.102. The van der Waals surface area contributed by atoms with Gasteiger partial charge in [-0.1, -0.05) is 23.2 Å². The van der Waals surface area contributed by atoms with Crippen molar-refractivity contribution in [2.45, 2.75) is 4.90 Å². The van der Waals surface area contributed by atoms with Gasteiger partial charge in [-0.05, 0) is 67.5 Å². The average molecular weight is 590 g/mol. The van der Waals surface area contributed by atoms with Gasteiger partial charge in [0.1, 0.15) is 5.82 Å². The molecule has 1 aromatic heterocycles. The molecule has 1 fully saturated rings. The van der Waals surface area contributed by atoms with Crippen LogP contribution >= 0.6 is 23.2 Å². The van der Waals surface area contributed by atoms with E-state index in [4.69, 9.17) is 23.2 Å². The Bertz CT molecular complexity index is 1420. The number of aromatic nitrogens is 1. The maximum Gasteiger partial charge on any atom is 0.258 e. The van der Waals surface area contributed by atoms with Crippen LogP contribution in [-0.4, -0.2) is 83.0 Å². The third-order valence-electron chi connectivity index (χ3n) is 6.30. The summed E-state index contributed by atoms with van der Waals surface area (Å²) >= 11 is 12.0. The lowest BCUT2D eigenvalue weighted by atomic mass is 10.1. The van der Waals surface area contributed by atoms with Gasteiger partial charge in [-0.25, -0.2) is 13.9 Å². The number of nitrogens with zero attached hydrogens (tertiary/aromatic N) is 3. The predicted molar refractivity (Wildman–Crippen MR) is 159 cm³/mol. The van der Waals surface area contributed by atoms with Crippen LogP contribution in [0.5, 0.6) is 0 Å². The Kier molecular flexibility index (Phi) is 9.60. The molecule has 0 spiro atoms. The van der Waals surface area contributed by atoms with Gasteiger partial charge in [-0.3, -0.25) is 14.5 Å². The van der Waals surface area contributed by atoms with Crippen LogP contribution in [0.25, 0.3) is 0 Å². The molecule has 0 aliphatic carbocycles. The molecular weight excluding hydrogens is 559 g/mol. The van der Waals surface area contributed by atoms with E-state index in [1.807, 2.05) is 0 Å². The van der Waals surface area contributed by atoms with E-state index in [2.05, 4.69) is 43.1 Å². The van der Waals surface area contributed by atoms with Crippen LogP contribution in [0.2, 0.25) is 10.0 Å². The van der Waals surface area contributed by atoms with Crippen LogP contribution < -0.4 is 15.4 Å². The number of benzene rings is 2. The van der Waals surface area contributed by atoms with Crippen molar-refractivity contribution >= 4 is 62.1 Å². The van der Waals surface area contributed by atoms with E-state index in [1.54, 1.807) is 48.5 Å². The molecule has 1 aliphatic heterocycles. The van der Waals surface area contributed by atoms with Gasteiger partial charge in [0, 0.05) is 60.9 Å². The molecule has 1 atom stereocenters. The summed E-state index contributed by atoms with van der Waals surface area (Å²) in [5, 5.41) is 6.18. The van der Waals surface area contributed by atoms with E-state index >= 15 is 0 Å². The van der Waals surface area contributed by atoms with Crippen LogP contribution in [-0.2, 0) is 9.71 Å². The predicted octanol–water partition coefficient (Wildman–Crippen LogP) is 3.72. The highest BCUT2D eigenvalue weighted by Gasteiger charge is 2.18. The molecule has 9 nitrogen and oxygen atoms in total. The third-order valence-corrected chi connectivity index (χ3v) is 8.46. The minimum absolute atomic E-state index is 0.162. The van der Waals surface area contributed by atoms with Crippen LogP contribution in [0.3, 0.4) is 0 Å². The van der Waals surface area contributed by atoms with Gasteiger partial charge in [0.2, 0.25) is 0 Å². The number of piperazine rings is 1. The maximum absolute atomic E-state index is 13.2. The maximum atomic E-state index is 13.2. The first-order valence-corrected chi connectivity index (χ1v) is 14.8. The Labute approximate surface area is 238 Å². The number of carbonyl (C=O) groups excluding carboxylic acids is 2. The lowest BCUT2D eigenvalue weighted by Gasteiger charge is -2.32. The smallest absolute Gasteiger partial charge is 0.258 e. The normalized spacial score (nSPS) is 15.9. The molecule has 0 saturated carbocycles. The summed E-state index contributed by atoms with van der Waals surface area (Å²) in [5.74, 6) is 3.23. The monoisotopic (exact) mass is 588 g/mol. The molecular formula is C27H30Cl2N6O3S. The SMILES string of the molecule is C=S(=O)(NCCN1CCN(C)CC1)c1ccc(C(=O)Nc2ccc(Cl)cc2C(=O)Nc2ccc(Cl)cn2)cc1. The van der Waals surface area contributed by atoms with Crippen molar-refractivity contribution in [1.29, 1.82) is 0 Å². The molecule has 3 aromatic rings. The highest BCUT2D eigenvalue weighted by atomic mass is 35.5. The fourth-order valence-corrected chi connectivity index (χ4v) is 5.44. The van der Waals surface area contributed by atoms with Gasteiger partial charge in [0.15, 0.2) is 0 Å². The number of hydrogen-bond donors (Lipinski definition) is 3. The summed E-state index contributed by atoms with van der Waals surface area (Å²) in [6.07, 6.45) is 1.41. The van der Waals surface area contributed by atoms with Crippen LogP contribution in [0, 0.1) is 0 Å². The third kappa shape index (κ3) is 8.01. The first-order chi connectivity index (χ1) is 18.6. The number of rotatable bonds is 9. The highest BCUT2D eigenvalue weighted by Crippen LogP contribution is 2.23. The quantitative estimate of drug-likeness (QED) is 0.329. The minimum atomic E-state index is -2.73. The molecule has 1 aliphatic rings. The fraction of sp³-hybridized carbons (Fsp3) is 0.259. The minimum Gasteiger partial charge on any atom is -0.321 e. The summed E-state index contributed by atoms with van der Waals surface area (Å²) < 4.78 is 16.2. The molecule has 2 heterocycles. The Morgan fingerprint density at radius 3 is 2.31 bits per heavy atom. The molecule has 2 aromatic carbocycles. The van der Waals surface area contributed by atoms with Gasteiger partial charge in [0.25, 0.3) is 11.8 Å². The summed E-state index contributed by atoms with van der Waals surface area (Å²) in [6.45, 7) is 5.33. The summed E-state index contributed by atoms with van der Waals surface area (Å²) in [5.41, 5.74) is 0.757. The Hall–Kier alpha value is -2.99. The van der Waals surface area contributed by atoms with E-state index < -0.39 is 21.5 Å². The molecule has 206 valence electrons. The molecule has 39 heavy (non-hydrogen) atoms. The molecule has 1 saturated heterocycles. The fourth-order valence-electron chi connectivity index (χ4n) is 3.99. The molecule has 3 N–H and O–H groups in total. The number of likely N-dealkylation sites (N-methyl/N-ethyl adjacent to an activating group) is 1. The Morgan fingerprint density at radius 1 is 0.949 bits per heavy atom. The number of anilines is 2. The first-order valence-electron chi connectivity index (χ1n) is 12.3. The largest absolute Gasteiger partial charge is 0.321 e. The number of pyridine rings is 1. The van der Waals surface area contributed by atoms with Crippen molar-refractivity contribution in [1.82, 2.24) is 19.5 Å². The number of halogens is 2. The molecule has 0 radical (unpaired) electrons. The Balaban J connectivity index is 1.38. The zero-order valence-corrected chi connectivity index (χ0v) is 23.8. The topological polar surface area (TPSA) is 107 Å². The summed E-state index contributed by atoms with van der Waals surface area (Å²) in [6, 6.07) is 14.1. The number of carbonyl (C=O) groups is 2. The van der Waals surface area contributed by atoms with Gasteiger partial charge in [-0.2, -0.15) is 0 Å². The first kappa shape index (κ1) is 29.0. The number of nitrogens with one attached hydrogen (secondary N) is 3. The van der Waals surface area contributed by atoms with Gasteiger partial charge in [0.05, 0.1) is 26.0 Å². The second-order valence-corrected chi connectivity index (χ2v) is 12.2. The second-order valence-electron chi connectivity index (χ2n) is 9.20. The Morgan fingerprint density at radius 2 is 1.64 bits per heavy atom. The molecule has 0 bridgehead atoms. The van der Waals surface area contributed by atoms with Crippen molar-refractivity contribution in [2.24, 2.45) is 0 Å². The second kappa shape index (κ2) is 12.9. The van der Waals surface area contributed by atoms with Crippen molar-refractivity contribution in [3.8, 4) is 0 Å². The zero-order chi connectivity index (χ0) is 28.0. The summed E-state index contributed by atoms with van der Waals surface area (Å²) in [7, 11) is -0.624. The van der Waals surface area contributed by atoms with Crippen LogP contribution in [0.4, 0.5) is 11.5 Å². The van der Waals surface area contributed by atoms with Crippen LogP contribution in [0.1, 0.15) is 20.7 Å². The van der Waals surface area contributed by atoms with Gasteiger partial charge >= 0.3 is 0 Å². The van der Waals surface area contributed by atoms with Crippen molar-refractivity contribution < 1.29 is 13.8 Å². The summed E-state index contributed by atoms with van der Waals surface area (Å²) in [4.78, 5) is 35.1. The van der Waals surface area contributed by atoms with E-state index in [0.29, 0.717) is 32.9 Å². The zero-order valence-electron chi connectivity index (χ0n) is 21.5. The number of hydrogen-bond acceptors (Lipinski definition) is 6. The highest BCUT2D eigenvalue weighted by molar-refractivity contribution is 7.98. The standard InChI is InChI=1S/C27H30Cl2N6O3S/c1-34-13-15-35(16-14-34)12-11-31-39(2,38)22-7-3-19(4-8-22)26(36)32-24-9-5-20(28)17-23(24)27(37)33-25-10-6-21(29)18-30-25/h3-10,17-18H,2,11-16H2,1H3,(H,31,38)(H,32,36)(H,30,33,37). The van der Waals surface area contributed by atoms with E-state index in [1.165, 1.54) is 12.3 Å². The molecule has 4 rings (SSSR count). The molecule has 12 heteroatoms. The van der Waals surface area contributed by atoms with Crippen molar-refractivity contribution in [2.75, 3.05) is 56.9 Å². The van der Waals surface area contributed by atoms with Gasteiger partial charge in [-0.15, -0.1) is 0 Å². The van der Waals surface area contributed by atoms with Crippen molar-refractivity contribution in [3.63, 3.8) is 0 Å². The molecule has 1 unspecified atom stereocenters. The van der Waals surface area contributed by atoms with E-state index in [0.717, 1.165) is 32.7 Å². The average Bonchev–Trinajstić information content (AvgIpc) is 2.92. The van der Waals surface area contributed by atoms with Gasteiger partial charge < -0.3 is 15.5 Å².